The number of fused-ring (bicyclic) bond motifs is 1. The highest BCUT2D eigenvalue weighted by molar-refractivity contribution is 5.80. The van der Waals surface area contributed by atoms with Gasteiger partial charge < -0.3 is 15.7 Å². The number of benzene rings is 1. The normalized spacial score (nSPS) is 18.1. The highest BCUT2D eigenvalue weighted by atomic mass is 19.3. The highest BCUT2D eigenvalue weighted by Crippen LogP contribution is 2.38. The Kier molecular flexibility index (Phi) is 6.30. The molecule has 3 aromatic heterocycles. The molecule has 1 saturated heterocycles. The summed E-state index contributed by atoms with van der Waals surface area (Å²) in [7, 11) is 0. The molecule has 2 fully saturated rings. The number of amides is 1. The number of alkyl halides is 2. The van der Waals surface area contributed by atoms with Crippen LogP contribution in [-0.2, 0) is 15.9 Å². The first kappa shape index (κ1) is 26.8. The predicted molar refractivity (Wildman–Crippen MR) is 146 cm³/mol. The van der Waals surface area contributed by atoms with Crippen molar-refractivity contribution in [2.75, 3.05) is 18.8 Å². The first-order valence-electron chi connectivity index (χ1n) is 13.5. The third kappa shape index (κ3) is 4.32. The number of nitrogens with two attached hydrogens (primary N) is 1. The summed E-state index contributed by atoms with van der Waals surface area (Å²) in [5.74, 6) is 0.416. The lowest BCUT2D eigenvalue weighted by Crippen LogP contribution is -2.65. The maximum absolute atomic E-state index is 13.6. The largest absolute Gasteiger partial charge is 0.381 e. The molecule has 1 aliphatic carbocycles. The first-order valence-corrected chi connectivity index (χ1v) is 13.5. The Balaban J connectivity index is 1.35. The summed E-state index contributed by atoms with van der Waals surface area (Å²) in [5.41, 5.74) is 7.01. The number of likely N-dealkylation sites (tertiary alicyclic amines) is 1. The molecule has 212 valence electrons. The SMILES string of the molecule is Cc1ccc(C(C)(O)C(F)F)cc1-c1cnc2c(N)nc(-c3cnn(C4(CC#N)CN(C(=O)C5CCC5)C4)c3)cn12. The second-order valence-electron chi connectivity index (χ2n) is 11.4. The minimum absolute atomic E-state index is 0.0831. The Morgan fingerprint density at radius 3 is 2.71 bits per heavy atom. The maximum Gasteiger partial charge on any atom is 0.270 e. The second kappa shape index (κ2) is 9.62. The molecule has 1 atom stereocenters. The van der Waals surface area contributed by atoms with Gasteiger partial charge >= 0.3 is 0 Å². The smallest absolute Gasteiger partial charge is 0.270 e. The molecule has 10 nitrogen and oxygen atoms in total. The summed E-state index contributed by atoms with van der Waals surface area (Å²) in [5, 5.41) is 24.5. The predicted octanol–water partition coefficient (Wildman–Crippen LogP) is 3.87. The summed E-state index contributed by atoms with van der Waals surface area (Å²) < 4.78 is 30.6. The number of hydrogen-bond acceptors (Lipinski definition) is 7. The number of carbonyl (C=O) groups excluding carboxylic acids is 1. The van der Waals surface area contributed by atoms with E-state index in [1.165, 1.54) is 12.1 Å². The molecule has 12 heteroatoms. The van der Waals surface area contributed by atoms with Gasteiger partial charge in [0, 0.05) is 42.5 Å². The number of aryl methyl sites for hydroxylation is 1. The molecule has 1 amide bonds. The number of aliphatic hydroxyl groups is 1. The molecule has 1 unspecified atom stereocenters. The summed E-state index contributed by atoms with van der Waals surface area (Å²) in [6.45, 7) is 3.78. The minimum Gasteiger partial charge on any atom is -0.381 e. The topological polar surface area (TPSA) is 138 Å². The van der Waals surface area contributed by atoms with E-state index in [0.717, 1.165) is 31.7 Å². The fourth-order valence-corrected chi connectivity index (χ4v) is 5.62. The van der Waals surface area contributed by atoms with E-state index in [9.17, 15) is 23.9 Å². The standard InChI is InChI=1S/C29H30F2N8O2/c1-17-6-7-20(28(2,41)27(30)31)10-21(17)23-12-34-25-24(33)36-22(14-38(23)25)19-11-35-39(13-19)29(8-9-32)15-37(16-29)26(40)18-4-3-5-18/h6-7,10-14,18,27,41H,3-5,8,15-16H2,1-2H3,(H2,33,36). The van der Waals surface area contributed by atoms with Crippen LogP contribution in [0.25, 0.3) is 28.2 Å². The molecule has 1 saturated carbocycles. The van der Waals surface area contributed by atoms with Crippen LogP contribution >= 0.6 is 0 Å². The lowest BCUT2D eigenvalue weighted by Gasteiger charge is -2.50. The van der Waals surface area contributed by atoms with Crippen LogP contribution in [0.15, 0.2) is 43.0 Å². The molecule has 0 radical (unpaired) electrons. The molecule has 1 aromatic carbocycles. The van der Waals surface area contributed by atoms with Crippen LogP contribution in [0.1, 0.15) is 43.7 Å². The van der Waals surface area contributed by atoms with Crippen LogP contribution in [-0.4, -0.2) is 59.6 Å². The maximum atomic E-state index is 13.6. The lowest BCUT2D eigenvalue weighted by atomic mass is 9.80. The van der Waals surface area contributed by atoms with Gasteiger partial charge in [0.2, 0.25) is 5.91 Å². The van der Waals surface area contributed by atoms with E-state index in [-0.39, 0.29) is 29.6 Å². The number of anilines is 1. The van der Waals surface area contributed by atoms with Crippen molar-refractivity contribution in [3.8, 4) is 28.6 Å². The van der Waals surface area contributed by atoms with Gasteiger partial charge in [-0.1, -0.05) is 18.6 Å². The number of imidazole rings is 1. The lowest BCUT2D eigenvalue weighted by molar-refractivity contribution is -0.149. The fraction of sp³-hybridized carbons (Fsp3) is 0.414. The zero-order valence-corrected chi connectivity index (χ0v) is 22.8. The zero-order chi connectivity index (χ0) is 29.1. The minimum atomic E-state index is -2.97. The number of carbonyl (C=O) groups is 1. The van der Waals surface area contributed by atoms with Gasteiger partial charge in [0.15, 0.2) is 11.5 Å². The first-order chi connectivity index (χ1) is 19.5. The van der Waals surface area contributed by atoms with Crippen molar-refractivity contribution >= 4 is 17.4 Å². The van der Waals surface area contributed by atoms with Gasteiger partial charge in [-0.25, -0.2) is 18.7 Å². The number of aromatic nitrogens is 5. The van der Waals surface area contributed by atoms with Gasteiger partial charge in [-0.3, -0.25) is 13.9 Å². The Hall–Kier alpha value is -4.37. The zero-order valence-electron chi connectivity index (χ0n) is 22.8. The van der Waals surface area contributed by atoms with Gasteiger partial charge in [0.05, 0.1) is 36.3 Å². The van der Waals surface area contributed by atoms with Gasteiger partial charge in [0.25, 0.3) is 6.43 Å². The van der Waals surface area contributed by atoms with Gasteiger partial charge in [-0.2, -0.15) is 10.4 Å². The molecule has 4 aromatic rings. The number of nitrogen functional groups attached to an aromatic ring is 1. The molecule has 0 bridgehead atoms. The van der Waals surface area contributed by atoms with Crippen molar-refractivity contribution < 1.29 is 18.7 Å². The molecule has 41 heavy (non-hydrogen) atoms. The Labute approximate surface area is 235 Å². The van der Waals surface area contributed by atoms with E-state index in [2.05, 4.69) is 21.1 Å². The number of hydrogen-bond donors (Lipinski definition) is 2. The van der Waals surface area contributed by atoms with Crippen molar-refractivity contribution in [3.63, 3.8) is 0 Å². The van der Waals surface area contributed by atoms with Crippen LogP contribution in [0.3, 0.4) is 0 Å². The summed E-state index contributed by atoms with van der Waals surface area (Å²) in [6.07, 6.45) is 6.96. The van der Waals surface area contributed by atoms with E-state index in [1.807, 2.05) is 11.8 Å². The molecule has 2 aliphatic rings. The van der Waals surface area contributed by atoms with E-state index in [4.69, 9.17) is 5.73 Å². The van der Waals surface area contributed by atoms with Gasteiger partial charge in [0.1, 0.15) is 11.1 Å². The molecular formula is C29H30F2N8O2. The molecule has 1 aliphatic heterocycles. The van der Waals surface area contributed by atoms with Crippen LogP contribution in [0.5, 0.6) is 0 Å². The van der Waals surface area contributed by atoms with Crippen LogP contribution in [0.2, 0.25) is 0 Å². The van der Waals surface area contributed by atoms with Crippen LogP contribution in [0.4, 0.5) is 14.6 Å². The summed E-state index contributed by atoms with van der Waals surface area (Å²) in [4.78, 5) is 23.4. The molecule has 3 N–H and O–H groups in total. The molecular weight excluding hydrogens is 530 g/mol. The molecule has 6 rings (SSSR count). The Morgan fingerprint density at radius 1 is 1.29 bits per heavy atom. The third-order valence-electron chi connectivity index (χ3n) is 8.55. The van der Waals surface area contributed by atoms with Crippen molar-refractivity contribution in [1.82, 2.24) is 29.0 Å². The number of rotatable bonds is 7. The number of halogens is 2. The summed E-state index contributed by atoms with van der Waals surface area (Å²) in [6, 6.07) is 6.96. The van der Waals surface area contributed by atoms with Gasteiger partial charge in [-0.05, 0) is 43.9 Å². The van der Waals surface area contributed by atoms with Crippen molar-refractivity contribution in [1.29, 1.82) is 5.26 Å². The number of nitrogens with zero attached hydrogens (tertiary/aromatic N) is 7. The van der Waals surface area contributed by atoms with Crippen molar-refractivity contribution in [2.24, 2.45) is 5.92 Å². The Bertz CT molecular complexity index is 1690. The van der Waals surface area contributed by atoms with E-state index >= 15 is 0 Å². The third-order valence-corrected chi connectivity index (χ3v) is 8.55. The van der Waals surface area contributed by atoms with Gasteiger partial charge in [-0.15, -0.1) is 0 Å². The van der Waals surface area contributed by atoms with E-state index in [1.54, 1.807) is 39.9 Å². The van der Waals surface area contributed by atoms with E-state index in [0.29, 0.717) is 41.3 Å². The van der Waals surface area contributed by atoms with Crippen LogP contribution in [0, 0.1) is 24.2 Å². The van der Waals surface area contributed by atoms with Crippen molar-refractivity contribution in [2.45, 2.75) is 57.1 Å². The monoisotopic (exact) mass is 560 g/mol. The Morgan fingerprint density at radius 2 is 2.05 bits per heavy atom. The molecule has 0 spiro atoms. The highest BCUT2D eigenvalue weighted by Gasteiger charge is 2.49. The van der Waals surface area contributed by atoms with E-state index < -0.39 is 17.6 Å². The average molecular weight is 561 g/mol. The van der Waals surface area contributed by atoms with Crippen molar-refractivity contribution in [3.05, 3.63) is 54.1 Å². The second-order valence-corrected chi connectivity index (χ2v) is 11.4. The average Bonchev–Trinajstić information content (AvgIpc) is 3.53. The quantitative estimate of drug-likeness (QED) is 0.350. The summed E-state index contributed by atoms with van der Waals surface area (Å²) >= 11 is 0. The number of nitriles is 1. The fourth-order valence-electron chi connectivity index (χ4n) is 5.62. The van der Waals surface area contributed by atoms with Crippen LogP contribution < -0.4 is 5.73 Å². The molecule has 4 heterocycles.